The first-order valence-electron chi connectivity index (χ1n) is 6.77. The molecule has 1 heterocycles. The molecule has 0 fully saturated rings. The van der Waals surface area contributed by atoms with Crippen LogP contribution in [0, 0.1) is 5.92 Å². The monoisotopic (exact) mass is 280 g/mol. The van der Waals surface area contributed by atoms with E-state index in [-0.39, 0.29) is 18.6 Å². The van der Waals surface area contributed by atoms with Crippen LogP contribution in [-0.2, 0) is 6.54 Å². The van der Waals surface area contributed by atoms with Crippen LogP contribution in [0.25, 0.3) is 0 Å². The maximum atomic E-state index is 11.6. The molecule has 0 aliphatic rings. The summed E-state index contributed by atoms with van der Waals surface area (Å²) in [5.41, 5.74) is 1.00. The lowest BCUT2D eigenvalue weighted by molar-refractivity contribution is 0.233. The van der Waals surface area contributed by atoms with Crippen molar-refractivity contribution in [3.8, 4) is 0 Å². The van der Waals surface area contributed by atoms with Crippen LogP contribution < -0.4 is 15.5 Å². The molecule has 1 aromatic rings. The van der Waals surface area contributed by atoms with Crippen LogP contribution in [0.1, 0.15) is 18.9 Å². The number of hydrogen-bond acceptors (Lipinski definition) is 4. The summed E-state index contributed by atoms with van der Waals surface area (Å²) in [5, 5.41) is 14.4. The summed E-state index contributed by atoms with van der Waals surface area (Å²) in [6.07, 6.45) is 2.42. The largest absolute Gasteiger partial charge is 0.396 e. The van der Waals surface area contributed by atoms with E-state index in [0.29, 0.717) is 19.5 Å². The fraction of sp³-hybridized carbons (Fsp3) is 0.571. The van der Waals surface area contributed by atoms with E-state index < -0.39 is 0 Å². The normalized spacial score (nSPS) is 11.8. The average Bonchev–Trinajstić information content (AvgIpc) is 2.43. The highest BCUT2D eigenvalue weighted by atomic mass is 16.3. The molecule has 0 radical (unpaired) electrons. The topological polar surface area (TPSA) is 77.5 Å². The van der Waals surface area contributed by atoms with E-state index in [0.717, 1.165) is 11.4 Å². The quantitative estimate of drug-likeness (QED) is 0.695. The van der Waals surface area contributed by atoms with Gasteiger partial charge in [0, 0.05) is 40.0 Å². The smallest absolute Gasteiger partial charge is 0.315 e. The molecule has 1 unspecified atom stereocenters. The predicted octanol–water partition coefficient (Wildman–Crippen LogP) is 0.965. The highest BCUT2D eigenvalue weighted by Gasteiger charge is 2.05. The number of anilines is 1. The van der Waals surface area contributed by atoms with E-state index >= 15 is 0 Å². The molecule has 0 aliphatic carbocycles. The van der Waals surface area contributed by atoms with Crippen molar-refractivity contribution in [3.63, 3.8) is 0 Å². The Labute approximate surface area is 120 Å². The molecular weight excluding hydrogens is 256 g/mol. The van der Waals surface area contributed by atoms with Gasteiger partial charge in [0.2, 0.25) is 0 Å². The summed E-state index contributed by atoms with van der Waals surface area (Å²) in [6, 6.07) is 3.62. The van der Waals surface area contributed by atoms with Crippen molar-refractivity contribution < 1.29 is 9.90 Å². The van der Waals surface area contributed by atoms with Gasteiger partial charge in [-0.2, -0.15) is 0 Å². The lowest BCUT2D eigenvalue weighted by Gasteiger charge is -2.14. The minimum absolute atomic E-state index is 0.148. The summed E-state index contributed by atoms with van der Waals surface area (Å²) in [7, 11) is 3.85. The lowest BCUT2D eigenvalue weighted by Crippen LogP contribution is -2.37. The fourth-order valence-electron chi connectivity index (χ4n) is 1.65. The van der Waals surface area contributed by atoms with Crippen LogP contribution >= 0.6 is 0 Å². The van der Waals surface area contributed by atoms with E-state index in [4.69, 9.17) is 5.11 Å². The van der Waals surface area contributed by atoms with Gasteiger partial charge >= 0.3 is 6.03 Å². The molecule has 3 N–H and O–H groups in total. The number of amides is 2. The second kappa shape index (κ2) is 8.37. The number of aromatic nitrogens is 1. The molecule has 1 aromatic heterocycles. The van der Waals surface area contributed by atoms with Gasteiger partial charge in [-0.1, -0.05) is 6.92 Å². The highest BCUT2D eigenvalue weighted by Crippen LogP contribution is 2.09. The van der Waals surface area contributed by atoms with Gasteiger partial charge in [0.25, 0.3) is 0 Å². The summed E-state index contributed by atoms with van der Waals surface area (Å²) in [4.78, 5) is 17.8. The molecule has 6 heteroatoms. The SMILES string of the molecule is CC(CCO)CNC(=O)NCc1ccnc(N(C)C)c1. The number of urea groups is 1. The van der Waals surface area contributed by atoms with Crippen molar-refractivity contribution in [2.75, 3.05) is 32.1 Å². The Morgan fingerprint density at radius 1 is 1.45 bits per heavy atom. The molecule has 1 atom stereocenters. The number of pyridine rings is 1. The van der Waals surface area contributed by atoms with Gasteiger partial charge in [-0.3, -0.25) is 0 Å². The summed E-state index contributed by atoms with van der Waals surface area (Å²) in [5.74, 6) is 1.13. The molecule has 0 saturated heterocycles. The Morgan fingerprint density at radius 3 is 2.85 bits per heavy atom. The summed E-state index contributed by atoms with van der Waals surface area (Å²) < 4.78 is 0. The zero-order valence-corrected chi connectivity index (χ0v) is 12.4. The molecule has 0 saturated carbocycles. The average molecular weight is 280 g/mol. The van der Waals surface area contributed by atoms with Crippen LogP contribution in [0.15, 0.2) is 18.3 Å². The Kier molecular flexibility index (Phi) is 6.79. The van der Waals surface area contributed by atoms with Crippen LogP contribution in [0.4, 0.5) is 10.6 Å². The number of nitrogens with one attached hydrogen (secondary N) is 2. The third kappa shape index (κ3) is 5.88. The van der Waals surface area contributed by atoms with Crippen molar-refractivity contribution in [3.05, 3.63) is 23.9 Å². The number of aliphatic hydroxyl groups excluding tert-OH is 1. The van der Waals surface area contributed by atoms with Crippen molar-refractivity contribution in [1.29, 1.82) is 0 Å². The zero-order valence-electron chi connectivity index (χ0n) is 12.4. The van der Waals surface area contributed by atoms with E-state index in [2.05, 4.69) is 15.6 Å². The van der Waals surface area contributed by atoms with E-state index in [9.17, 15) is 4.79 Å². The molecule has 0 spiro atoms. The van der Waals surface area contributed by atoms with Crippen molar-refractivity contribution in [2.24, 2.45) is 5.92 Å². The maximum Gasteiger partial charge on any atom is 0.315 e. The highest BCUT2D eigenvalue weighted by molar-refractivity contribution is 5.73. The van der Waals surface area contributed by atoms with Gasteiger partial charge in [-0.05, 0) is 30.0 Å². The van der Waals surface area contributed by atoms with Crippen LogP contribution in [0.5, 0.6) is 0 Å². The molecule has 0 bridgehead atoms. The minimum atomic E-state index is -0.196. The van der Waals surface area contributed by atoms with Gasteiger partial charge in [0.05, 0.1) is 0 Å². The van der Waals surface area contributed by atoms with E-state index in [1.807, 2.05) is 38.1 Å². The van der Waals surface area contributed by atoms with Crippen LogP contribution in [0.2, 0.25) is 0 Å². The minimum Gasteiger partial charge on any atom is -0.396 e. The summed E-state index contributed by atoms with van der Waals surface area (Å²) >= 11 is 0. The first kappa shape index (κ1) is 16.2. The number of rotatable bonds is 7. The van der Waals surface area contributed by atoms with Crippen LogP contribution in [0.3, 0.4) is 0 Å². The Balaban J connectivity index is 2.35. The van der Waals surface area contributed by atoms with Gasteiger partial charge in [-0.25, -0.2) is 9.78 Å². The predicted molar refractivity (Wildman–Crippen MR) is 79.7 cm³/mol. The van der Waals surface area contributed by atoms with Crippen LogP contribution in [-0.4, -0.2) is 43.4 Å². The van der Waals surface area contributed by atoms with Gasteiger partial charge in [0.15, 0.2) is 0 Å². The molecule has 0 aromatic carbocycles. The fourth-order valence-corrected chi connectivity index (χ4v) is 1.65. The number of nitrogens with zero attached hydrogens (tertiary/aromatic N) is 2. The van der Waals surface area contributed by atoms with Crippen molar-refractivity contribution >= 4 is 11.8 Å². The molecule has 2 amide bonds. The maximum absolute atomic E-state index is 11.6. The standard InChI is InChI=1S/C14H24N4O2/c1-11(5-7-19)9-16-14(20)17-10-12-4-6-15-13(8-12)18(2)3/h4,6,8,11,19H,5,7,9-10H2,1-3H3,(H2,16,17,20). The first-order chi connectivity index (χ1) is 9.52. The zero-order chi connectivity index (χ0) is 15.0. The second-order valence-corrected chi connectivity index (χ2v) is 5.10. The first-order valence-corrected chi connectivity index (χ1v) is 6.77. The number of aliphatic hydroxyl groups is 1. The van der Waals surface area contributed by atoms with Crippen molar-refractivity contribution in [2.45, 2.75) is 19.9 Å². The lowest BCUT2D eigenvalue weighted by atomic mass is 10.1. The third-order valence-electron chi connectivity index (χ3n) is 2.95. The van der Waals surface area contributed by atoms with Gasteiger partial charge < -0.3 is 20.6 Å². The van der Waals surface area contributed by atoms with E-state index in [1.54, 1.807) is 6.20 Å². The third-order valence-corrected chi connectivity index (χ3v) is 2.95. The number of hydrogen-bond donors (Lipinski definition) is 3. The molecular formula is C14H24N4O2. The molecule has 112 valence electrons. The number of carbonyl (C=O) groups is 1. The molecule has 0 aliphatic heterocycles. The van der Waals surface area contributed by atoms with E-state index in [1.165, 1.54) is 0 Å². The van der Waals surface area contributed by atoms with Crippen molar-refractivity contribution in [1.82, 2.24) is 15.6 Å². The van der Waals surface area contributed by atoms with Gasteiger partial charge in [0.1, 0.15) is 5.82 Å². The second-order valence-electron chi connectivity index (χ2n) is 5.10. The Morgan fingerprint density at radius 2 is 2.20 bits per heavy atom. The molecule has 20 heavy (non-hydrogen) atoms. The summed E-state index contributed by atoms with van der Waals surface area (Å²) in [6.45, 7) is 3.16. The molecule has 1 rings (SSSR count). The van der Waals surface area contributed by atoms with Gasteiger partial charge in [-0.15, -0.1) is 0 Å². The Hall–Kier alpha value is -1.82. The number of carbonyl (C=O) groups excluding carboxylic acids is 1. The molecule has 6 nitrogen and oxygen atoms in total. The Bertz CT molecular complexity index is 423.